The maximum atomic E-state index is 10.7. The molecule has 0 radical (unpaired) electrons. The summed E-state index contributed by atoms with van der Waals surface area (Å²) in [6, 6.07) is 0. The minimum Gasteiger partial charge on any atom is -0.318 e. The summed E-state index contributed by atoms with van der Waals surface area (Å²) in [5, 5.41) is 0. The van der Waals surface area contributed by atoms with Crippen molar-refractivity contribution in [1.29, 1.82) is 0 Å². The number of hydrogen-bond donors (Lipinski definition) is 0. The number of nitrogens with zero attached hydrogens (tertiary/aromatic N) is 2. The monoisotopic (exact) mass is 376 g/mol. The van der Waals surface area contributed by atoms with Crippen molar-refractivity contribution in [3.63, 3.8) is 0 Å². The Morgan fingerprint density at radius 2 is 2.36 bits per heavy atom. The van der Waals surface area contributed by atoms with Crippen molar-refractivity contribution in [1.82, 2.24) is 9.55 Å². The van der Waals surface area contributed by atoms with Crippen LogP contribution in [-0.4, -0.2) is 15.3 Å². The SMILES string of the molecule is CC(=O)Cn1cnc(I)c1I. The zero-order valence-corrected chi connectivity index (χ0v) is 10.2. The van der Waals surface area contributed by atoms with Gasteiger partial charge in [0.15, 0.2) is 0 Å². The first-order chi connectivity index (χ1) is 5.11. The van der Waals surface area contributed by atoms with Crippen LogP contribution >= 0.6 is 45.2 Å². The summed E-state index contributed by atoms with van der Waals surface area (Å²) in [5.41, 5.74) is 0. The molecule has 0 saturated heterocycles. The van der Waals surface area contributed by atoms with Crippen LogP contribution in [0.2, 0.25) is 0 Å². The van der Waals surface area contributed by atoms with E-state index < -0.39 is 0 Å². The van der Waals surface area contributed by atoms with E-state index in [1.807, 2.05) is 4.57 Å². The standard InChI is InChI=1S/C6H6I2N2O/c1-4(11)2-10-3-9-5(7)6(10)8/h3H,2H2,1H3. The highest BCUT2D eigenvalue weighted by atomic mass is 127. The van der Waals surface area contributed by atoms with Gasteiger partial charge in [0.05, 0.1) is 12.9 Å². The van der Waals surface area contributed by atoms with Gasteiger partial charge in [-0.3, -0.25) is 4.79 Å². The van der Waals surface area contributed by atoms with Crippen LogP contribution in [0.1, 0.15) is 6.92 Å². The van der Waals surface area contributed by atoms with Crippen LogP contribution in [0.3, 0.4) is 0 Å². The zero-order chi connectivity index (χ0) is 8.43. The van der Waals surface area contributed by atoms with Gasteiger partial charge in [-0.05, 0) is 52.1 Å². The Hall–Kier alpha value is 0.340. The molecule has 1 heterocycles. The van der Waals surface area contributed by atoms with Gasteiger partial charge >= 0.3 is 0 Å². The Kier molecular flexibility index (Phi) is 3.29. The number of carbonyl (C=O) groups is 1. The minimum absolute atomic E-state index is 0.150. The maximum absolute atomic E-state index is 10.7. The summed E-state index contributed by atoms with van der Waals surface area (Å²) in [7, 11) is 0. The highest BCUT2D eigenvalue weighted by molar-refractivity contribution is 14.1. The Morgan fingerprint density at radius 3 is 2.73 bits per heavy atom. The molecule has 0 atom stereocenters. The summed E-state index contributed by atoms with van der Waals surface area (Å²) in [4.78, 5) is 14.8. The maximum Gasteiger partial charge on any atom is 0.149 e. The van der Waals surface area contributed by atoms with E-state index in [-0.39, 0.29) is 5.78 Å². The van der Waals surface area contributed by atoms with Gasteiger partial charge in [-0.2, -0.15) is 0 Å². The minimum atomic E-state index is 0.150. The van der Waals surface area contributed by atoms with Crippen LogP contribution < -0.4 is 0 Å². The van der Waals surface area contributed by atoms with E-state index in [9.17, 15) is 4.79 Å². The van der Waals surface area contributed by atoms with Gasteiger partial charge in [-0.25, -0.2) is 4.98 Å². The van der Waals surface area contributed by atoms with E-state index in [2.05, 4.69) is 50.2 Å². The van der Waals surface area contributed by atoms with Crippen molar-refractivity contribution in [2.75, 3.05) is 0 Å². The lowest BCUT2D eigenvalue weighted by Gasteiger charge is -1.98. The molecule has 0 aliphatic carbocycles. The van der Waals surface area contributed by atoms with Gasteiger partial charge in [0.2, 0.25) is 0 Å². The van der Waals surface area contributed by atoms with Crippen molar-refractivity contribution >= 4 is 51.0 Å². The van der Waals surface area contributed by atoms with Crippen LogP contribution in [-0.2, 0) is 11.3 Å². The first-order valence-corrected chi connectivity index (χ1v) is 5.12. The lowest BCUT2D eigenvalue weighted by molar-refractivity contribution is -0.117. The van der Waals surface area contributed by atoms with E-state index >= 15 is 0 Å². The number of Topliss-reactive ketones (excluding diaryl/α,β-unsaturated/α-hetero) is 1. The molecular formula is C6H6I2N2O. The topological polar surface area (TPSA) is 34.9 Å². The van der Waals surface area contributed by atoms with Gasteiger partial charge in [-0.1, -0.05) is 0 Å². The van der Waals surface area contributed by atoms with Crippen LogP contribution in [0.5, 0.6) is 0 Å². The Bertz CT molecular complexity index is 282. The zero-order valence-electron chi connectivity index (χ0n) is 5.84. The Labute approximate surface area is 91.9 Å². The molecule has 1 rings (SSSR count). The summed E-state index contributed by atoms with van der Waals surface area (Å²) < 4.78 is 3.81. The molecule has 0 saturated carbocycles. The Morgan fingerprint density at radius 1 is 1.73 bits per heavy atom. The second-order valence-electron chi connectivity index (χ2n) is 2.16. The molecule has 3 nitrogen and oxygen atoms in total. The molecule has 5 heteroatoms. The number of rotatable bonds is 2. The van der Waals surface area contributed by atoms with E-state index in [0.29, 0.717) is 6.54 Å². The predicted molar refractivity (Wildman–Crippen MR) is 58.3 cm³/mol. The molecule has 1 aromatic rings. The molecule has 0 fully saturated rings. The molecule has 0 amide bonds. The van der Waals surface area contributed by atoms with E-state index in [1.165, 1.54) is 0 Å². The molecule has 0 aliphatic heterocycles. The highest BCUT2D eigenvalue weighted by Crippen LogP contribution is 2.12. The van der Waals surface area contributed by atoms with Crippen molar-refractivity contribution in [3.05, 3.63) is 13.7 Å². The highest BCUT2D eigenvalue weighted by Gasteiger charge is 2.05. The summed E-state index contributed by atoms with van der Waals surface area (Å²) in [5.74, 6) is 0.150. The third kappa shape index (κ3) is 2.39. The largest absolute Gasteiger partial charge is 0.318 e. The smallest absolute Gasteiger partial charge is 0.149 e. The van der Waals surface area contributed by atoms with Crippen LogP contribution in [0.4, 0.5) is 0 Å². The van der Waals surface area contributed by atoms with Gasteiger partial charge in [-0.15, -0.1) is 0 Å². The van der Waals surface area contributed by atoms with E-state index in [0.717, 1.165) is 7.40 Å². The first-order valence-electron chi connectivity index (χ1n) is 2.97. The van der Waals surface area contributed by atoms with E-state index in [1.54, 1.807) is 13.3 Å². The van der Waals surface area contributed by atoms with Crippen molar-refractivity contribution in [3.8, 4) is 0 Å². The molecule has 0 unspecified atom stereocenters. The Balaban J connectivity index is 2.87. The normalized spacial score (nSPS) is 10.1. The number of carbonyl (C=O) groups excluding carboxylic acids is 1. The number of aromatic nitrogens is 2. The predicted octanol–water partition coefficient (Wildman–Crippen LogP) is 1.68. The van der Waals surface area contributed by atoms with Crippen molar-refractivity contribution < 1.29 is 4.79 Å². The van der Waals surface area contributed by atoms with Crippen molar-refractivity contribution in [2.45, 2.75) is 13.5 Å². The summed E-state index contributed by atoms with van der Waals surface area (Å²) >= 11 is 4.32. The van der Waals surface area contributed by atoms with Crippen molar-refractivity contribution in [2.24, 2.45) is 0 Å². The quantitative estimate of drug-likeness (QED) is 0.737. The number of hydrogen-bond acceptors (Lipinski definition) is 2. The van der Waals surface area contributed by atoms with Crippen LogP contribution in [0, 0.1) is 7.40 Å². The molecule has 0 spiro atoms. The third-order valence-electron chi connectivity index (χ3n) is 1.13. The molecule has 0 aromatic carbocycles. The average Bonchev–Trinajstić information content (AvgIpc) is 2.18. The lowest BCUT2D eigenvalue weighted by atomic mass is 10.4. The van der Waals surface area contributed by atoms with Crippen LogP contribution in [0.15, 0.2) is 6.33 Å². The summed E-state index contributed by atoms with van der Waals surface area (Å²) in [6.45, 7) is 2.00. The fourth-order valence-electron chi connectivity index (χ4n) is 0.693. The third-order valence-corrected chi connectivity index (χ3v) is 4.08. The molecule has 1 aromatic heterocycles. The lowest BCUT2D eigenvalue weighted by Crippen LogP contribution is -2.06. The second kappa shape index (κ2) is 3.83. The van der Waals surface area contributed by atoms with Gasteiger partial charge in [0.25, 0.3) is 0 Å². The summed E-state index contributed by atoms with van der Waals surface area (Å²) in [6.07, 6.45) is 1.69. The molecule has 60 valence electrons. The molecule has 0 aliphatic rings. The van der Waals surface area contributed by atoms with Gasteiger partial charge in [0, 0.05) is 0 Å². The van der Waals surface area contributed by atoms with Gasteiger partial charge in [0.1, 0.15) is 13.2 Å². The van der Waals surface area contributed by atoms with Crippen LogP contribution in [0.25, 0.3) is 0 Å². The fourth-order valence-corrected chi connectivity index (χ4v) is 1.56. The average molecular weight is 376 g/mol. The number of imidazole rings is 1. The number of ketones is 1. The molecular weight excluding hydrogens is 370 g/mol. The molecule has 0 bridgehead atoms. The second-order valence-corrected chi connectivity index (χ2v) is 4.20. The first kappa shape index (κ1) is 9.43. The van der Waals surface area contributed by atoms with Gasteiger partial charge < -0.3 is 4.57 Å². The molecule has 11 heavy (non-hydrogen) atoms. The fraction of sp³-hybridized carbons (Fsp3) is 0.333. The molecule has 0 N–H and O–H groups in total. The number of halogens is 2. The van der Waals surface area contributed by atoms with E-state index in [4.69, 9.17) is 0 Å².